The van der Waals surface area contributed by atoms with Crippen LogP contribution in [0.4, 0.5) is 0 Å². The zero-order chi connectivity index (χ0) is 12.6. The molecule has 0 amide bonds. The van der Waals surface area contributed by atoms with E-state index < -0.39 is 0 Å². The number of nitrogens with two attached hydrogens (primary N) is 1. The first kappa shape index (κ1) is 15.4. The van der Waals surface area contributed by atoms with Crippen LogP contribution in [-0.4, -0.2) is 36.4 Å². The molecule has 3 heteroatoms. The van der Waals surface area contributed by atoms with E-state index in [-0.39, 0.29) is 0 Å². The molecule has 0 fully saturated rings. The highest BCUT2D eigenvalue weighted by Gasteiger charge is 2.05. The summed E-state index contributed by atoms with van der Waals surface area (Å²) in [7, 11) is 0. The van der Waals surface area contributed by atoms with E-state index in [1.54, 1.807) is 0 Å². The Morgan fingerprint density at radius 2 is 1.75 bits per heavy atom. The largest absolute Gasteiger partial charge is 0.387 e. The zero-order valence-corrected chi connectivity index (χ0v) is 11.7. The van der Waals surface area contributed by atoms with Crippen molar-refractivity contribution in [1.82, 2.24) is 4.90 Å². The summed E-state index contributed by atoms with van der Waals surface area (Å²) >= 11 is 0. The summed E-state index contributed by atoms with van der Waals surface area (Å²) in [5, 5.41) is 0. The minimum atomic E-state index is 0.359. The van der Waals surface area contributed by atoms with Crippen LogP contribution in [0.2, 0.25) is 0 Å². The molecule has 96 valence electrons. The normalized spacial score (nSPS) is 14.8. The van der Waals surface area contributed by atoms with Gasteiger partial charge in [0.2, 0.25) is 0 Å². The van der Waals surface area contributed by atoms with Gasteiger partial charge in [0.25, 0.3) is 0 Å². The summed E-state index contributed by atoms with van der Waals surface area (Å²) in [5.41, 5.74) is 5.84. The Morgan fingerprint density at radius 3 is 2.19 bits per heavy atom. The molecule has 0 aliphatic rings. The monoisotopic (exact) mass is 227 g/mol. The van der Waals surface area contributed by atoms with Gasteiger partial charge in [-0.2, -0.15) is 0 Å². The van der Waals surface area contributed by atoms with Gasteiger partial charge < -0.3 is 10.6 Å². The van der Waals surface area contributed by atoms with E-state index in [1.807, 2.05) is 0 Å². The summed E-state index contributed by atoms with van der Waals surface area (Å²) in [6.07, 6.45) is 2.33. The van der Waals surface area contributed by atoms with E-state index in [9.17, 15) is 0 Å². The molecule has 1 atom stereocenters. The molecule has 3 nitrogen and oxygen atoms in total. The van der Waals surface area contributed by atoms with E-state index in [0.717, 1.165) is 25.3 Å². The van der Waals surface area contributed by atoms with Gasteiger partial charge in [0, 0.05) is 12.0 Å². The smallest absolute Gasteiger partial charge is 0.0966 e. The Hall–Kier alpha value is -0.570. The molecule has 0 spiro atoms. The van der Waals surface area contributed by atoms with E-state index in [2.05, 4.69) is 44.5 Å². The molecule has 0 aromatic rings. The molecular formula is C13H29N3. The van der Waals surface area contributed by atoms with Gasteiger partial charge in [-0.1, -0.05) is 27.7 Å². The highest BCUT2D eigenvalue weighted by Crippen LogP contribution is 2.04. The minimum absolute atomic E-state index is 0.359. The summed E-state index contributed by atoms with van der Waals surface area (Å²) in [6.45, 7) is 14.2. The third-order valence-electron chi connectivity index (χ3n) is 2.95. The topological polar surface area (TPSA) is 41.6 Å². The molecule has 1 unspecified atom stereocenters. The predicted molar refractivity (Wildman–Crippen MR) is 72.9 cm³/mol. The average molecular weight is 227 g/mol. The molecule has 0 bridgehead atoms. The Morgan fingerprint density at radius 1 is 1.19 bits per heavy atom. The molecule has 0 saturated heterocycles. The first-order valence-corrected chi connectivity index (χ1v) is 6.56. The Labute approximate surface area is 101 Å². The molecule has 0 aromatic heterocycles. The number of hydrogen-bond donors (Lipinski definition) is 1. The van der Waals surface area contributed by atoms with E-state index in [0.29, 0.717) is 12.0 Å². The van der Waals surface area contributed by atoms with Gasteiger partial charge in [-0.25, -0.2) is 0 Å². The maximum atomic E-state index is 5.84. The van der Waals surface area contributed by atoms with Gasteiger partial charge in [0.1, 0.15) is 0 Å². The fourth-order valence-electron chi connectivity index (χ4n) is 1.62. The molecule has 0 aliphatic heterocycles. The second kappa shape index (κ2) is 8.57. The summed E-state index contributed by atoms with van der Waals surface area (Å²) < 4.78 is 0. The van der Waals surface area contributed by atoms with Crippen molar-refractivity contribution in [1.29, 1.82) is 0 Å². The van der Waals surface area contributed by atoms with Crippen LogP contribution in [0, 0.1) is 5.92 Å². The number of aliphatic imine (C=N–C) groups is 1. The Balaban J connectivity index is 3.81. The molecule has 0 aromatic carbocycles. The lowest BCUT2D eigenvalue weighted by Crippen LogP contribution is -2.25. The van der Waals surface area contributed by atoms with Crippen molar-refractivity contribution < 1.29 is 0 Å². The fraction of sp³-hybridized carbons (Fsp3) is 0.923. The van der Waals surface area contributed by atoms with Crippen LogP contribution in [-0.2, 0) is 0 Å². The lowest BCUT2D eigenvalue weighted by molar-refractivity contribution is 0.294. The van der Waals surface area contributed by atoms with Crippen molar-refractivity contribution in [3.05, 3.63) is 0 Å². The van der Waals surface area contributed by atoms with Crippen LogP contribution in [0.15, 0.2) is 4.99 Å². The summed E-state index contributed by atoms with van der Waals surface area (Å²) in [6, 6.07) is 0.359. The quantitative estimate of drug-likeness (QED) is 0.511. The number of hydrogen-bond acceptors (Lipinski definition) is 2. The van der Waals surface area contributed by atoms with Gasteiger partial charge in [0.05, 0.1) is 5.84 Å². The molecule has 16 heavy (non-hydrogen) atoms. The number of rotatable bonds is 8. The Bertz CT molecular complexity index is 195. The first-order valence-electron chi connectivity index (χ1n) is 6.56. The SMILES string of the molecule is CCN(CC)CCCC(C)N=C(N)C(C)C. The average Bonchev–Trinajstić information content (AvgIpc) is 2.24. The lowest BCUT2D eigenvalue weighted by atomic mass is 10.1. The summed E-state index contributed by atoms with van der Waals surface area (Å²) in [4.78, 5) is 6.95. The van der Waals surface area contributed by atoms with Crippen molar-refractivity contribution in [3.8, 4) is 0 Å². The molecule has 0 rings (SSSR count). The van der Waals surface area contributed by atoms with Crippen LogP contribution < -0.4 is 5.73 Å². The van der Waals surface area contributed by atoms with E-state index in [4.69, 9.17) is 5.73 Å². The highest BCUT2D eigenvalue weighted by atomic mass is 15.1. The van der Waals surface area contributed by atoms with Crippen LogP contribution in [0.5, 0.6) is 0 Å². The Kier molecular flexibility index (Phi) is 8.26. The molecular weight excluding hydrogens is 198 g/mol. The summed E-state index contributed by atoms with van der Waals surface area (Å²) in [5.74, 6) is 1.15. The predicted octanol–water partition coefficient (Wildman–Crippen LogP) is 2.51. The van der Waals surface area contributed by atoms with Gasteiger partial charge in [-0.05, 0) is 39.4 Å². The highest BCUT2D eigenvalue weighted by molar-refractivity contribution is 5.82. The van der Waals surface area contributed by atoms with Crippen LogP contribution >= 0.6 is 0 Å². The van der Waals surface area contributed by atoms with Crippen molar-refractivity contribution in [2.75, 3.05) is 19.6 Å². The molecule has 0 heterocycles. The molecule has 0 aliphatic carbocycles. The van der Waals surface area contributed by atoms with Crippen molar-refractivity contribution >= 4 is 5.84 Å². The van der Waals surface area contributed by atoms with Gasteiger partial charge in [-0.3, -0.25) is 4.99 Å². The van der Waals surface area contributed by atoms with E-state index in [1.165, 1.54) is 13.0 Å². The van der Waals surface area contributed by atoms with Crippen molar-refractivity contribution in [2.45, 2.75) is 53.5 Å². The van der Waals surface area contributed by atoms with Gasteiger partial charge in [0.15, 0.2) is 0 Å². The molecule has 0 radical (unpaired) electrons. The number of nitrogens with zero attached hydrogens (tertiary/aromatic N) is 2. The molecule has 0 saturated carbocycles. The minimum Gasteiger partial charge on any atom is -0.387 e. The number of amidine groups is 1. The maximum Gasteiger partial charge on any atom is 0.0966 e. The standard InChI is InChI=1S/C13H29N3/c1-6-16(7-2)10-8-9-12(5)15-13(14)11(3)4/h11-12H,6-10H2,1-5H3,(H2,14,15). The van der Waals surface area contributed by atoms with Crippen LogP contribution in [0.1, 0.15) is 47.5 Å². The zero-order valence-electron chi connectivity index (χ0n) is 11.7. The lowest BCUT2D eigenvalue weighted by Gasteiger charge is -2.18. The van der Waals surface area contributed by atoms with Gasteiger partial charge >= 0.3 is 0 Å². The molecule has 2 N–H and O–H groups in total. The van der Waals surface area contributed by atoms with Crippen molar-refractivity contribution in [2.24, 2.45) is 16.6 Å². The third-order valence-corrected chi connectivity index (χ3v) is 2.95. The van der Waals surface area contributed by atoms with Gasteiger partial charge in [-0.15, -0.1) is 0 Å². The second-order valence-electron chi connectivity index (χ2n) is 4.73. The maximum absolute atomic E-state index is 5.84. The second-order valence-corrected chi connectivity index (χ2v) is 4.73. The first-order chi connectivity index (χ1) is 7.51. The van der Waals surface area contributed by atoms with E-state index >= 15 is 0 Å². The van der Waals surface area contributed by atoms with Crippen LogP contribution in [0.3, 0.4) is 0 Å². The van der Waals surface area contributed by atoms with Crippen LogP contribution in [0.25, 0.3) is 0 Å². The van der Waals surface area contributed by atoms with Crippen molar-refractivity contribution in [3.63, 3.8) is 0 Å². The fourth-order valence-corrected chi connectivity index (χ4v) is 1.62. The third kappa shape index (κ3) is 6.83.